The van der Waals surface area contributed by atoms with Crippen molar-refractivity contribution in [2.75, 3.05) is 6.61 Å². The summed E-state index contributed by atoms with van der Waals surface area (Å²) >= 11 is 0. The first kappa shape index (κ1) is 13.7. The monoisotopic (exact) mass is 281 g/mol. The summed E-state index contributed by atoms with van der Waals surface area (Å²) < 4.78 is 26.5. The highest BCUT2D eigenvalue weighted by atomic mass is 32.2. The van der Waals surface area contributed by atoms with Crippen LogP contribution in [0.5, 0.6) is 0 Å². The van der Waals surface area contributed by atoms with Crippen LogP contribution in [0.3, 0.4) is 0 Å². The Bertz CT molecular complexity index is 606. The Morgan fingerprint density at radius 1 is 1.26 bits per heavy atom. The molecule has 6 nitrogen and oxygen atoms in total. The minimum Gasteiger partial charge on any atom is -0.396 e. The van der Waals surface area contributed by atoms with Gasteiger partial charge >= 0.3 is 0 Å². The Morgan fingerprint density at radius 2 is 2.00 bits per heavy atom. The molecule has 3 N–H and O–H groups in total. The number of aliphatic hydroxyl groups is 1. The molecule has 0 unspecified atom stereocenters. The highest BCUT2D eigenvalue weighted by Gasteiger charge is 2.13. The first-order chi connectivity index (χ1) is 9.12. The van der Waals surface area contributed by atoms with Crippen LogP contribution in [0.25, 0.3) is 0 Å². The summed E-state index contributed by atoms with van der Waals surface area (Å²) in [5.74, 6) is 0. The van der Waals surface area contributed by atoms with Gasteiger partial charge in [-0.2, -0.15) is 0 Å². The van der Waals surface area contributed by atoms with E-state index >= 15 is 0 Å². The van der Waals surface area contributed by atoms with Crippen molar-refractivity contribution >= 4 is 10.0 Å². The molecular weight excluding hydrogens is 266 g/mol. The van der Waals surface area contributed by atoms with Gasteiger partial charge in [0.25, 0.3) is 0 Å². The van der Waals surface area contributed by atoms with E-state index in [2.05, 4.69) is 14.7 Å². The number of aliphatic hydroxyl groups excluding tert-OH is 1. The molecule has 1 heterocycles. The van der Waals surface area contributed by atoms with Crippen LogP contribution in [0.1, 0.15) is 11.3 Å². The molecule has 102 valence electrons. The van der Waals surface area contributed by atoms with Crippen molar-refractivity contribution in [2.45, 2.75) is 17.9 Å². The van der Waals surface area contributed by atoms with E-state index in [-0.39, 0.29) is 18.0 Å². The van der Waals surface area contributed by atoms with E-state index < -0.39 is 10.0 Å². The fourth-order valence-corrected chi connectivity index (χ4v) is 2.61. The molecule has 1 aromatic carbocycles. The molecule has 0 aliphatic rings. The van der Waals surface area contributed by atoms with Gasteiger partial charge in [0.2, 0.25) is 10.0 Å². The number of nitrogens with one attached hydrogen (secondary N) is 2. The number of aromatic amines is 1. The maximum atomic E-state index is 12.0. The van der Waals surface area contributed by atoms with Crippen LogP contribution in [-0.4, -0.2) is 30.1 Å². The van der Waals surface area contributed by atoms with Gasteiger partial charge < -0.3 is 10.1 Å². The summed E-state index contributed by atoms with van der Waals surface area (Å²) in [6.07, 6.45) is 3.57. The topological polar surface area (TPSA) is 95.1 Å². The Labute approximate surface area is 111 Å². The largest absolute Gasteiger partial charge is 0.396 e. The molecule has 0 atom stereocenters. The minimum atomic E-state index is -3.53. The lowest BCUT2D eigenvalue weighted by atomic mass is 10.2. The molecule has 0 saturated carbocycles. The third-order valence-corrected chi connectivity index (χ3v) is 4.06. The predicted molar refractivity (Wildman–Crippen MR) is 69.8 cm³/mol. The van der Waals surface area contributed by atoms with E-state index in [1.165, 1.54) is 18.5 Å². The predicted octanol–water partition coefficient (Wildman–Crippen LogP) is 0.423. The van der Waals surface area contributed by atoms with Gasteiger partial charge in [-0.25, -0.2) is 18.1 Å². The van der Waals surface area contributed by atoms with Crippen molar-refractivity contribution in [1.29, 1.82) is 0 Å². The number of sulfonamides is 1. The Hall–Kier alpha value is -1.70. The lowest BCUT2D eigenvalue weighted by Gasteiger charge is -2.06. The van der Waals surface area contributed by atoms with Gasteiger partial charge in [-0.1, -0.05) is 12.1 Å². The highest BCUT2D eigenvalue weighted by molar-refractivity contribution is 7.89. The molecule has 0 fully saturated rings. The molecule has 0 aliphatic carbocycles. The highest BCUT2D eigenvalue weighted by Crippen LogP contribution is 2.11. The lowest BCUT2D eigenvalue weighted by Crippen LogP contribution is -2.23. The summed E-state index contributed by atoms with van der Waals surface area (Å²) in [6.45, 7) is 0.213. The molecule has 0 saturated heterocycles. The Balaban J connectivity index is 2.06. The van der Waals surface area contributed by atoms with Crippen LogP contribution in [-0.2, 0) is 23.0 Å². The summed E-state index contributed by atoms with van der Waals surface area (Å²) in [7, 11) is -3.53. The second kappa shape index (κ2) is 5.96. The first-order valence-corrected chi connectivity index (χ1v) is 7.27. The van der Waals surface area contributed by atoms with Crippen molar-refractivity contribution in [1.82, 2.24) is 14.7 Å². The second-order valence-electron chi connectivity index (χ2n) is 4.02. The van der Waals surface area contributed by atoms with Gasteiger partial charge in [-0.3, -0.25) is 0 Å². The van der Waals surface area contributed by atoms with E-state index in [0.717, 1.165) is 5.56 Å². The maximum absolute atomic E-state index is 12.0. The molecule has 0 spiro atoms. The molecule has 1 aromatic heterocycles. The van der Waals surface area contributed by atoms with Gasteiger partial charge in [-0.15, -0.1) is 0 Å². The second-order valence-corrected chi connectivity index (χ2v) is 5.79. The molecule has 2 rings (SSSR count). The molecule has 0 radical (unpaired) electrons. The maximum Gasteiger partial charge on any atom is 0.240 e. The first-order valence-electron chi connectivity index (χ1n) is 5.78. The zero-order valence-electron chi connectivity index (χ0n) is 10.2. The third kappa shape index (κ3) is 3.63. The number of nitrogens with zero attached hydrogens (tertiary/aromatic N) is 1. The quantitative estimate of drug-likeness (QED) is 0.715. The number of imidazole rings is 1. The van der Waals surface area contributed by atoms with Gasteiger partial charge in [0.05, 0.1) is 17.8 Å². The van der Waals surface area contributed by atoms with Crippen LogP contribution < -0.4 is 4.72 Å². The summed E-state index contributed by atoms with van der Waals surface area (Å²) in [5, 5.41) is 8.80. The van der Waals surface area contributed by atoms with Gasteiger partial charge in [0.15, 0.2) is 0 Å². The number of hydrogen-bond acceptors (Lipinski definition) is 4. The van der Waals surface area contributed by atoms with E-state index in [1.54, 1.807) is 18.3 Å². The van der Waals surface area contributed by atoms with Crippen LogP contribution in [0, 0.1) is 0 Å². The van der Waals surface area contributed by atoms with E-state index in [4.69, 9.17) is 5.11 Å². The molecule has 0 bridgehead atoms. The molecule has 19 heavy (non-hydrogen) atoms. The van der Waals surface area contributed by atoms with Gasteiger partial charge in [0.1, 0.15) is 0 Å². The molecule has 0 aliphatic heterocycles. The fraction of sp³-hybridized carbons (Fsp3) is 0.250. The smallest absolute Gasteiger partial charge is 0.240 e. The summed E-state index contributed by atoms with van der Waals surface area (Å²) in [5.41, 5.74) is 1.59. The minimum absolute atomic E-state index is 0.0458. The zero-order chi connectivity index (χ0) is 13.7. The summed E-state index contributed by atoms with van der Waals surface area (Å²) in [4.78, 5) is 6.84. The van der Waals surface area contributed by atoms with Crippen molar-refractivity contribution in [3.63, 3.8) is 0 Å². The van der Waals surface area contributed by atoms with E-state index in [0.29, 0.717) is 12.1 Å². The zero-order valence-corrected chi connectivity index (χ0v) is 11.0. The molecule has 2 aromatic rings. The number of H-pyrrole nitrogens is 1. The van der Waals surface area contributed by atoms with Crippen molar-refractivity contribution in [3.05, 3.63) is 48.0 Å². The molecular formula is C12H15N3O3S. The van der Waals surface area contributed by atoms with Crippen LogP contribution in [0.4, 0.5) is 0 Å². The van der Waals surface area contributed by atoms with E-state index in [1.807, 2.05) is 0 Å². The number of rotatable bonds is 6. The molecule has 0 amide bonds. The van der Waals surface area contributed by atoms with Crippen molar-refractivity contribution in [2.24, 2.45) is 0 Å². The number of hydrogen-bond donors (Lipinski definition) is 3. The Kier molecular flexibility index (Phi) is 4.31. The van der Waals surface area contributed by atoms with Crippen LogP contribution >= 0.6 is 0 Å². The van der Waals surface area contributed by atoms with Gasteiger partial charge in [0, 0.05) is 18.5 Å². The standard InChI is InChI=1S/C12H15N3O3S/c16-6-5-10-1-3-12(4-2-10)19(17,18)15-8-11-7-13-9-14-11/h1-4,7,9,15-16H,5-6,8H2,(H,13,14). The summed E-state index contributed by atoms with van der Waals surface area (Å²) in [6, 6.07) is 6.45. The van der Waals surface area contributed by atoms with Crippen molar-refractivity contribution < 1.29 is 13.5 Å². The lowest BCUT2D eigenvalue weighted by molar-refractivity contribution is 0.299. The SMILES string of the molecule is O=S(=O)(NCc1cnc[nH]1)c1ccc(CCO)cc1. The van der Waals surface area contributed by atoms with Crippen molar-refractivity contribution in [3.8, 4) is 0 Å². The third-order valence-electron chi connectivity index (χ3n) is 2.64. The fourth-order valence-electron chi connectivity index (χ4n) is 1.60. The van der Waals surface area contributed by atoms with Crippen LogP contribution in [0.15, 0.2) is 41.7 Å². The number of aromatic nitrogens is 2. The number of benzene rings is 1. The van der Waals surface area contributed by atoms with Crippen LogP contribution in [0.2, 0.25) is 0 Å². The van der Waals surface area contributed by atoms with E-state index in [9.17, 15) is 8.42 Å². The van der Waals surface area contributed by atoms with Gasteiger partial charge in [-0.05, 0) is 24.1 Å². The molecule has 7 heteroatoms. The average molecular weight is 281 g/mol. The average Bonchev–Trinajstić information content (AvgIpc) is 2.91. The normalized spacial score (nSPS) is 11.6. The Morgan fingerprint density at radius 3 is 2.58 bits per heavy atom.